The SMILES string of the molecule is O=C(Nc1ccnc2ccnn12)c1cc2ccccc2s1. The van der Waals surface area contributed by atoms with Crippen molar-refractivity contribution in [1.82, 2.24) is 14.6 Å². The molecule has 4 rings (SSSR count). The highest BCUT2D eigenvalue weighted by Gasteiger charge is 2.12. The number of aromatic nitrogens is 3. The summed E-state index contributed by atoms with van der Waals surface area (Å²) < 4.78 is 2.70. The van der Waals surface area contributed by atoms with Crippen molar-refractivity contribution in [2.45, 2.75) is 0 Å². The number of rotatable bonds is 2. The van der Waals surface area contributed by atoms with Crippen LogP contribution >= 0.6 is 11.3 Å². The van der Waals surface area contributed by atoms with Crippen LogP contribution in [0.25, 0.3) is 15.7 Å². The average Bonchev–Trinajstić information content (AvgIpc) is 3.14. The minimum atomic E-state index is -0.140. The van der Waals surface area contributed by atoms with Gasteiger partial charge in [0.2, 0.25) is 0 Å². The maximum atomic E-state index is 12.4. The van der Waals surface area contributed by atoms with E-state index in [0.717, 1.165) is 10.1 Å². The summed E-state index contributed by atoms with van der Waals surface area (Å²) in [5.41, 5.74) is 0.698. The van der Waals surface area contributed by atoms with Gasteiger partial charge < -0.3 is 5.32 Å². The zero-order valence-corrected chi connectivity index (χ0v) is 11.7. The highest BCUT2D eigenvalue weighted by Crippen LogP contribution is 2.25. The topological polar surface area (TPSA) is 59.3 Å². The Morgan fingerprint density at radius 3 is 2.95 bits per heavy atom. The van der Waals surface area contributed by atoms with Crippen molar-refractivity contribution in [3.05, 3.63) is 59.7 Å². The molecule has 6 heteroatoms. The largest absolute Gasteiger partial charge is 0.306 e. The monoisotopic (exact) mass is 294 g/mol. The van der Waals surface area contributed by atoms with Gasteiger partial charge in [-0.15, -0.1) is 11.3 Å². The van der Waals surface area contributed by atoms with E-state index in [-0.39, 0.29) is 5.91 Å². The van der Waals surface area contributed by atoms with Gasteiger partial charge in [-0.2, -0.15) is 9.61 Å². The fraction of sp³-hybridized carbons (Fsp3) is 0. The van der Waals surface area contributed by atoms with E-state index in [1.54, 1.807) is 29.0 Å². The molecule has 0 bridgehead atoms. The molecule has 0 aliphatic heterocycles. The number of nitrogens with one attached hydrogen (secondary N) is 1. The van der Waals surface area contributed by atoms with Crippen LogP contribution in [0.3, 0.4) is 0 Å². The van der Waals surface area contributed by atoms with E-state index in [2.05, 4.69) is 15.4 Å². The third-order valence-corrected chi connectivity index (χ3v) is 4.30. The van der Waals surface area contributed by atoms with Crippen molar-refractivity contribution in [1.29, 1.82) is 0 Å². The number of benzene rings is 1. The maximum Gasteiger partial charge on any atom is 0.266 e. The summed E-state index contributed by atoms with van der Waals surface area (Å²) in [6.07, 6.45) is 3.30. The molecule has 21 heavy (non-hydrogen) atoms. The van der Waals surface area contributed by atoms with Crippen molar-refractivity contribution >= 4 is 38.8 Å². The molecule has 0 fully saturated rings. The van der Waals surface area contributed by atoms with Crippen molar-refractivity contribution in [3.63, 3.8) is 0 Å². The number of hydrogen-bond donors (Lipinski definition) is 1. The van der Waals surface area contributed by atoms with Gasteiger partial charge in [0.1, 0.15) is 5.82 Å². The molecule has 4 aromatic rings. The number of nitrogens with zero attached hydrogens (tertiary/aromatic N) is 3. The molecule has 0 aliphatic rings. The fourth-order valence-corrected chi connectivity index (χ4v) is 3.16. The van der Waals surface area contributed by atoms with E-state index < -0.39 is 0 Å². The standard InChI is InChI=1S/C15H10N4OS/c20-15(12-9-10-3-1-2-4-11(10)21-12)18-14-5-7-16-13-6-8-17-19(13)14/h1-9H,(H,18,20). The quantitative estimate of drug-likeness (QED) is 0.617. The van der Waals surface area contributed by atoms with Gasteiger partial charge in [0.25, 0.3) is 5.91 Å². The predicted octanol–water partition coefficient (Wildman–Crippen LogP) is 3.20. The first-order valence-electron chi connectivity index (χ1n) is 6.40. The number of hydrogen-bond acceptors (Lipinski definition) is 4. The smallest absolute Gasteiger partial charge is 0.266 e. The zero-order valence-electron chi connectivity index (χ0n) is 10.9. The highest BCUT2D eigenvalue weighted by molar-refractivity contribution is 7.20. The first kappa shape index (κ1) is 12.0. The predicted molar refractivity (Wildman–Crippen MR) is 82.8 cm³/mol. The Bertz CT molecular complexity index is 923. The molecular formula is C15H10N4OS. The molecular weight excluding hydrogens is 284 g/mol. The van der Waals surface area contributed by atoms with E-state index in [9.17, 15) is 4.79 Å². The summed E-state index contributed by atoms with van der Waals surface area (Å²) in [5, 5.41) is 8.11. The normalized spacial score (nSPS) is 11.0. The Morgan fingerprint density at radius 1 is 1.14 bits per heavy atom. The number of fused-ring (bicyclic) bond motifs is 2. The highest BCUT2D eigenvalue weighted by atomic mass is 32.1. The Labute approximate surface area is 123 Å². The molecule has 1 N–H and O–H groups in total. The minimum absolute atomic E-state index is 0.140. The van der Waals surface area contributed by atoms with E-state index in [1.165, 1.54) is 11.3 Å². The zero-order chi connectivity index (χ0) is 14.2. The van der Waals surface area contributed by atoms with Crippen LogP contribution in [0.1, 0.15) is 9.67 Å². The second-order valence-corrected chi connectivity index (χ2v) is 5.62. The van der Waals surface area contributed by atoms with Crippen molar-refractivity contribution in [3.8, 4) is 0 Å². The summed E-state index contributed by atoms with van der Waals surface area (Å²) in [6, 6.07) is 13.4. The molecule has 0 saturated carbocycles. The first-order valence-corrected chi connectivity index (χ1v) is 7.21. The van der Waals surface area contributed by atoms with Crippen LogP contribution in [0.4, 0.5) is 5.82 Å². The van der Waals surface area contributed by atoms with Crippen LogP contribution in [0.2, 0.25) is 0 Å². The second kappa shape index (κ2) is 4.68. The first-order chi connectivity index (χ1) is 10.3. The lowest BCUT2D eigenvalue weighted by Gasteiger charge is -2.05. The van der Waals surface area contributed by atoms with Gasteiger partial charge >= 0.3 is 0 Å². The Balaban J connectivity index is 1.70. The third-order valence-electron chi connectivity index (χ3n) is 3.18. The molecule has 1 aromatic carbocycles. The summed E-state index contributed by atoms with van der Waals surface area (Å²) in [4.78, 5) is 17.2. The second-order valence-electron chi connectivity index (χ2n) is 4.53. The van der Waals surface area contributed by atoms with Crippen LogP contribution in [-0.2, 0) is 0 Å². The Kier molecular flexibility index (Phi) is 2.68. The molecule has 0 atom stereocenters. The third kappa shape index (κ3) is 2.05. The van der Waals surface area contributed by atoms with Crippen LogP contribution in [0.5, 0.6) is 0 Å². The summed E-state index contributed by atoms with van der Waals surface area (Å²) >= 11 is 1.47. The summed E-state index contributed by atoms with van der Waals surface area (Å²) in [6.45, 7) is 0. The summed E-state index contributed by atoms with van der Waals surface area (Å²) in [5.74, 6) is 0.464. The molecule has 0 saturated heterocycles. The number of thiophene rings is 1. The number of carbonyl (C=O) groups excluding carboxylic acids is 1. The van der Waals surface area contributed by atoms with Gasteiger partial charge in [-0.1, -0.05) is 18.2 Å². The van der Waals surface area contributed by atoms with Gasteiger partial charge in [0, 0.05) is 17.0 Å². The van der Waals surface area contributed by atoms with Crippen LogP contribution in [0, 0.1) is 0 Å². The lowest BCUT2D eigenvalue weighted by Crippen LogP contribution is -2.13. The molecule has 1 amide bonds. The van der Waals surface area contributed by atoms with Crippen LogP contribution in [-0.4, -0.2) is 20.5 Å². The van der Waals surface area contributed by atoms with Crippen molar-refractivity contribution in [2.24, 2.45) is 0 Å². The van der Waals surface area contributed by atoms with Gasteiger partial charge in [0.15, 0.2) is 5.65 Å². The number of carbonyl (C=O) groups is 1. The van der Waals surface area contributed by atoms with Crippen LogP contribution in [0.15, 0.2) is 54.9 Å². The number of amides is 1. The van der Waals surface area contributed by atoms with E-state index >= 15 is 0 Å². The van der Waals surface area contributed by atoms with Gasteiger partial charge in [-0.25, -0.2) is 4.98 Å². The molecule has 102 valence electrons. The molecule has 0 spiro atoms. The number of anilines is 1. The van der Waals surface area contributed by atoms with Gasteiger partial charge in [-0.3, -0.25) is 4.79 Å². The lowest BCUT2D eigenvalue weighted by atomic mass is 10.2. The van der Waals surface area contributed by atoms with Crippen molar-refractivity contribution in [2.75, 3.05) is 5.32 Å². The molecule has 3 heterocycles. The van der Waals surface area contributed by atoms with Gasteiger partial charge in [-0.05, 0) is 23.6 Å². The minimum Gasteiger partial charge on any atom is -0.306 e. The Morgan fingerprint density at radius 2 is 2.05 bits per heavy atom. The average molecular weight is 294 g/mol. The van der Waals surface area contributed by atoms with E-state index in [1.807, 2.05) is 30.3 Å². The van der Waals surface area contributed by atoms with Gasteiger partial charge in [0.05, 0.1) is 11.1 Å². The van der Waals surface area contributed by atoms with Crippen LogP contribution < -0.4 is 5.32 Å². The molecule has 3 aromatic heterocycles. The molecule has 5 nitrogen and oxygen atoms in total. The fourth-order valence-electron chi connectivity index (χ4n) is 2.20. The molecule has 0 aliphatic carbocycles. The van der Waals surface area contributed by atoms with Crippen molar-refractivity contribution < 1.29 is 4.79 Å². The maximum absolute atomic E-state index is 12.4. The summed E-state index contributed by atoms with van der Waals surface area (Å²) in [7, 11) is 0. The molecule has 0 radical (unpaired) electrons. The Hall–Kier alpha value is -2.73. The molecule has 0 unspecified atom stereocenters. The lowest BCUT2D eigenvalue weighted by molar-refractivity contribution is 0.103. The van der Waals surface area contributed by atoms with E-state index in [4.69, 9.17) is 0 Å². The van der Waals surface area contributed by atoms with E-state index in [0.29, 0.717) is 16.3 Å².